The van der Waals surface area contributed by atoms with Gasteiger partial charge in [-0.2, -0.15) is 0 Å². The second kappa shape index (κ2) is 3.99. The molecule has 0 saturated heterocycles. The minimum absolute atomic E-state index is 0.0248. The lowest BCUT2D eigenvalue weighted by Gasteiger charge is -2.17. The third kappa shape index (κ3) is 3.02. The van der Waals surface area contributed by atoms with Gasteiger partial charge in [-0.25, -0.2) is 0 Å². The van der Waals surface area contributed by atoms with Crippen LogP contribution in [0.5, 0.6) is 11.5 Å². The van der Waals surface area contributed by atoms with E-state index in [2.05, 4.69) is 0 Å². The van der Waals surface area contributed by atoms with E-state index in [0.29, 0.717) is 11.3 Å². The predicted octanol–water partition coefficient (Wildman–Crippen LogP) is 0.957. The van der Waals surface area contributed by atoms with E-state index in [1.165, 1.54) is 6.07 Å². The van der Waals surface area contributed by atoms with E-state index in [-0.39, 0.29) is 12.4 Å². The molecule has 0 spiro atoms. The van der Waals surface area contributed by atoms with Crippen molar-refractivity contribution >= 4 is 8.56 Å². The van der Waals surface area contributed by atoms with E-state index in [4.69, 9.17) is 9.53 Å². The first-order chi connectivity index (χ1) is 6.42. The molecule has 1 rings (SSSR count). The van der Waals surface area contributed by atoms with Gasteiger partial charge in [0.2, 0.25) is 0 Å². The lowest BCUT2D eigenvalue weighted by molar-refractivity contribution is 0.275. The standard InChI is InChI=1S/C9H14O4Si/c1-14(2,12)13-8-4-3-7(6-10)9(11)5-8/h3-5,10-12H,6H2,1-2H3. The van der Waals surface area contributed by atoms with E-state index in [1.54, 1.807) is 25.2 Å². The van der Waals surface area contributed by atoms with Crippen molar-refractivity contribution in [2.24, 2.45) is 0 Å². The Kier molecular flexibility index (Phi) is 3.15. The van der Waals surface area contributed by atoms with Crippen molar-refractivity contribution < 1.29 is 19.4 Å². The summed E-state index contributed by atoms with van der Waals surface area (Å²) in [7, 11) is -2.62. The molecule has 4 nitrogen and oxygen atoms in total. The first-order valence-corrected chi connectivity index (χ1v) is 7.12. The second-order valence-corrected chi connectivity index (χ2v) is 6.60. The van der Waals surface area contributed by atoms with Crippen LogP contribution in [0.15, 0.2) is 18.2 Å². The predicted molar refractivity (Wildman–Crippen MR) is 54.4 cm³/mol. The summed E-state index contributed by atoms with van der Waals surface area (Å²) in [5.74, 6) is 0.391. The molecule has 0 fully saturated rings. The van der Waals surface area contributed by atoms with E-state index >= 15 is 0 Å². The molecule has 0 aliphatic rings. The number of aromatic hydroxyl groups is 1. The van der Waals surface area contributed by atoms with Gasteiger partial charge >= 0.3 is 8.56 Å². The number of rotatable bonds is 3. The number of hydrogen-bond donors (Lipinski definition) is 3. The van der Waals surface area contributed by atoms with Crippen LogP contribution in [0.3, 0.4) is 0 Å². The van der Waals surface area contributed by atoms with Crippen molar-refractivity contribution in [3.05, 3.63) is 23.8 Å². The van der Waals surface area contributed by atoms with Gasteiger partial charge in [-0.3, -0.25) is 0 Å². The van der Waals surface area contributed by atoms with Crippen molar-refractivity contribution in [2.45, 2.75) is 19.7 Å². The largest absolute Gasteiger partial charge is 0.520 e. The molecule has 0 atom stereocenters. The molecule has 0 amide bonds. The van der Waals surface area contributed by atoms with Crippen LogP contribution in [-0.2, 0) is 6.61 Å². The molecule has 0 aliphatic carbocycles. The highest BCUT2D eigenvalue weighted by molar-refractivity contribution is 6.63. The van der Waals surface area contributed by atoms with Gasteiger partial charge in [-0.15, -0.1) is 0 Å². The summed E-state index contributed by atoms with van der Waals surface area (Å²) in [5.41, 5.74) is 0.440. The Balaban J connectivity index is 2.87. The van der Waals surface area contributed by atoms with Gasteiger partial charge in [0.1, 0.15) is 11.5 Å². The van der Waals surface area contributed by atoms with Gasteiger partial charge in [0.15, 0.2) is 0 Å². The summed E-state index contributed by atoms with van der Waals surface area (Å²) in [6, 6.07) is 4.55. The zero-order chi connectivity index (χ0) is 10.8. The van der Waals surface area contributed by atoms with Crippen molar-refractivity contribution in [1.29, 1.82) is 0 Å². The first kappa shape index (κ1) is 11.0. The minimum atomic E-state index is -2.62. The van der Waals surface area contributed by atoms with Gasteiger partial charge in [-0.05, 0) is 25.2 Å². The summed E-state index contributed by atoms with van der Waals surface area (Å²) >= 11 is 0. The normalized spacial score (nSPS) is 11.4. The van der Waals surface area contributed by atoms with Crippen LogP contribution in [0.25, 0.3) is 0 Å². The Morgan fingerprint density at radius 3 is 2.43 bits per heavy atom. The number of benzene rings is 1. The van der Waals surface area contributed by atoms with Crippen molar-refractivity contribution in [3.8, 4) is 11.5 Å². The second-order valence-electron chi connectivity index (χ2n) is 3.50. The Hall–Kier alpha value is -1.04. The molecule has 1 aromatic carbocycles. The topological polar surface area (TPSA) is 69.9 Å². The summed E-state index contributed by atoms with van der Waals surface area (Å²) < 4.78 is 5.23. The molecule has 0 heterocycles. The molecular formula is C9H14O4Si. The van der Waals surface area contributed by atoms with Crippen molar-refractivity contribution in [1.82, 2.24) is 0 Å². The lowest BCUT2D eigenvalue weighted by Crippen LogP contribution is -2.33. The fourth-order valence-corrected chi connectivity index (χ4v) is 1.73. The monoisotopic (exact) mass is 214 g/mol. The lowest BCUT2D eigenvalue weighted by atomic mass is 10.2. The molecular weight excluding hydrogens is 200 g/mol. The van der Waals surface area contributed by atoms with E-state index < -0.39 is 8.56 Å². The van der Waals surface area contributed by atoms with Crippen LogP contribution in [0.1, 0.15) is 5.56 Å². The van der Waals surface area contributed by atoms with Crippen LogP contribution in [0.4, 0.5) is 0 Å². The van der Waals surface area contributed by atoms with E-state index in [0.717, 1.165) is 0 Å². The fraction of sp³-hybridized carbons (Fsp3) is 0.333. The molecule has 0 aliphatic heterocycles. The maximum atomic E-state index is 9.47. The molecule has 0 radical (unpaired) electrons. The molecule has 1 aromatic rings. The summed E-state index contributed by atoms with van der Waals surface area (Å²) in [4.78, 5) is 9.47. The first-order valence-electron chi connectivity index (χ1n) is 4.26. The quantitative estimate of drug-likeness (QED) is 0.655. The Morgan fingerprint density at radius 2 is 2.00 bits per heavy atom. The van der Waals surface area contributed by atoms with Crippen LogP contribution in [0, 0.1) is 0 Å². The number of phenols is 1. The highest BCUT2D eigenvalue weighted by Gasteiger charge is 2.20. The number of aliphatic hydroxyl groups is 1. The summed E-state index contributed by atoms with van der Waals surface area (Å²) in [6.45, 7) is 3.04. The number of aliphatic hydroxyl groups excluding tert-OH is 1. The maximum Gasteiger partial charge on any atom is 0.389 e. The van der Waals surface area contributed by atoms with Crippen LogP contribution < -0.4 is 4.43 Å². The molecule has 5 heteroatoms. The van der Waals surface area contributed by atoms with Gasteiger partial charge < -0.3 is 19.4 Å². The third-order valence-electron chi connectivity index (χ3n) is 1.59. The average molecular weight is 214 g/mol. The molecule has 0 saturated carbocycles. The average Bonchev–Trinajstić information content (AvgIpc) is 2.01. The highest BCUT2D eigenvalue weighted by atomic mass is 28.4. The molecule has 78 valence electrons. The fourth-order valence-electron chi connectivity index (χ4n) is 1.03. The Labute approximate surface area is 83.7 Å². The van der Waals surface area contributed by atoms with Crippen molar-refractivity contribution in [3.63, 3.8) is 0 Å². The van der Waals surface area contributed by atoms with Crippen LogP contribution in [-0.4, -0.2) is 23.6 Å². The van der Waals surface area contributed by atoms with E-state index in [1.807, 2.05) is 0 Å². The van der Waals surface area contributed by atoms with Gasteiger partial charge in [0, 0.05) is 11.6 Å². The van der Waals surface area contributed by atoms with E-state index in [9.17, 15) is 9.90 Å². The number of hydrogen-bond acceptors (Lipinski definition) is 4. The molecule has 0 bridgehead atoms. The van der Waals surface area contributed by atoms with Crippen molar-refractivity contribution in [2.75, 3.05) is 0 Å². The molecule has 0 aromatic heterocycles. The van der Waals surface area contributed by atoms with Gasteiger partial charge in [0.05, 0.1) is 6.61 Å². The molecule has 14 heavy (non-hydrogen) atoms. The zero-order valence-electron chi connectivity index (χ0n) is 8.19. The highest BCUT2D eigenvalue weighted by Crippen LogP contribution is 2.24. The minimum Gasteiger partial charge on any atom is -0.520 e. The van der Waals surface area contributed by atoms with Gasteiger partial charge in [0.25, 0.3) is 0 Å². The Morgan fingerprint density at radius 1 is 1.36 bits per heavy atom. The molecule has 0 unspecified atom stereocenters. The zero-order valence-corrected chi connectivity index (χ0v) is 9.19. The van der Waals surface area contributed by atoms with Crippen LogP contribution in [0.2, 0.25) is 13.1 Å². The maximum absolute atomic E-state index is 9.47. The molecule has 3 N–H and O–H groups in total. The van der Waals surface area contributed by atoms with Crippen LogP contribution >= 0.6 is 0 Å². The summed E-state index contributed by atoms with van der Waals surface area (Å²) in [5, 5.41) is 18.2. The summed E-state index contributed by atoms with van der Waals surface area (Å²) in [6.07, 6.45) is 0. The smallest absolute Gasteiger partial charge is 0.389 e. The SMILES string of the molecule is C[Si](C)(O)Oc1ccc(CO)c(O)c1. The van der Waals surface area contributed by atoms with Gasteiger partial charge in [-0.1, -0.05) is 0 Å². The third-order valence-corrected chi connectivity index (χ3v) is 2.33. The Bertz CT molecular complexity index is 319.